The number of ether oxygens (including phenoxy) is 2. The summed E-state index contributed by atoms with van der Waals surface area (Å²) in [5, 5.41) is 0. The van der Waals surface area contributed by atoms with Crippen LogP contribution in [0.25, 0.3) is 0 Å². The molecule has 0 saturated carbocycles. The Labute approximate surface area is 260 Å². The van der Waals surface area contributed by atoms with E-state index >= 15 is 0 Å². The molecule has 0 aliphatic heterocycles. The van der Waals surface area contributed by atoms with Crippen molar-refractivity contribution >= 4 is 5.97 Å². The van der Waals surface area contributed by atoms with Crippen molar-refractivity contribution in [2.24, 2.45) is 0 Å². The van der Waals surface area contributed by atoms with E-state index in [4.69, 9.17) is 4.74 Å². The molecule has 1 aromatic carbocycles. The van der Waals surface area contributed by atoms with Gasteiger partial charge in [-0.05, 0) is 30.7 Å². The Morgan fingerprint density at radius 2 is 1.02 bits per heavy atom. The fraction of sp³-hybridized carbons (Fsp3) is 0.704. The van der Waals surface area contributed by atoms with Gasteiger partial charge in [0.25, 0.3) is 0 Å². The average Bonchev–Trinajstić information content (AvgIpc) is 3.12. The second-order valence-corrected chi connectivity index (χ2v) is 10.4. The number of hydrogen-bond donors (Lipinski definition) is 0. The van der Waals surface area contributed by atoms with Gasteiger partial charge in [-0.2, -0.15) is 74.6 Å². The van der Waals surface area contributed by atoms with Crippen LogP contribution in [0.1, 0.15) is 64.7 Å². The van der Waals surface area contributed by atoms with Crippen LogP contribution in [0.5, 0.6) is 11.5 Å². The van der Waals surface area contributed by atoms with E-state index in [0.717, 1.165) is 38.2 Å². The van der Waals surface area contributed by atoms with Crippen LogP contribution < -0.4 is 14.9 Å². The number of carbonyl (C=O) groups excluding carboxylic acids is 1. The fourth-order valence-electron chi connectivity index (χ4n) is 3.77. The summed E-state index contributed by atoms with van der Waals surface area (Å²) in [4.78, 5) is 24.1. The molecule has 278 valence electrons. The van der Waals surface area contributed by atoms with Crippen LogP contribution >= 0.6 is 0 Å². The molecule has 0 aliphatic carbocycles. The van der Waals surface area contributed by atoms with E-state index in [2.05, 4.69) is 4.74 Å². The van der Waals surface area contributed by atoms with Crippen molar-refractivity contribution in [2.75, 3.05) is 6.61 Å². The molecular weight excluding hydrogens is 711 g/mol. The molecule has 0 aromatic heterocycles. The summed E-state index contributed by atoms with van der Waals surface area (Å²) in [5.41, 5.74) is -1.02. The Balaban J connectivity index is 3.05. The lowest BCUT2D eigenvalue weighted by molar-refractivity contribution is -0.461. The van der Waals surface area contributed by atoms with Gasteiger partial charge in [0.05, 0.1) is 13.0 Å². The van der Waals surface area contributed by atoms with Gasteiger partial charge in [0.2, 0.25) is 5.43 Å². The number of alkyl halides is 17. The summed E-state index contributed by atoms with van der Waals surface area (Å²) in [6, 6.07) is 2.64. The molecule has 1 rings (SSSR count). The summed E-state index contributed by atoms with van der Waals surface area (Å²) in [6.45, 7) is 0.128. The van der Waals surface area contributed by atoms with Crippen LogP contribution in [0, 0.1) is 0 Å². The normalized spacial score (nSPS) is 14.2. The largest absolute Gasteiger partial charge is 0.493 e. The Morgan fingerprint density at radius 1 is 0.583 bits per heavy atom. The van der Waals surface area contributed by atoms with Crippen molar-refractivity contribution in [3.8, 4) is 11.5 Å². The average molecular weight is 738 g/mol. The molecule has 48 heavy (non-hydrogen) atoms. The molecule has 1 aromatic rings. The summed E-state index contributed by atoms with van der Waals surface area (Å²) in [5.74, 6) is -59.2. The van der Waals surface area contributed by atoms with E-state index in [1.165, 1.54) is 0 Å². The molecule has 0 bridgehead atoms. The van der Waals surface area contributed by atoms with Crippen LogP contribution in [-0.2, 0) is 4.79 Å². The topological polar surface area (TPSA) is 52.6 Å². The maximum atomic E-state index is 14.1. The van der Waals surface area contributed by atoms with Crippen LogP contribution in [-0.4, -0.2) is 60.2 Å². The van der Waals surface area contributed by atoms with Gasteiger partial charge in [-0.1, -0.05) is 45.4 Å². The third kappa shape index (κ3) is 8.57. The second kappa shape index (κ2) is 15.2. The van der Waals surface area contributed by atoms with E-state index in [1.807, 2.05) is 6.92 Å². The van der Waals surface area contributed by atoms with Crippen LogP contribution in [0.2, 0.25) is 0 Å². The third-order valence-corrected chi connectivity index (χ3v) is 6.72. The first-order valence-corrected chi connectivity index (χ1v) is 13.8. The van der Waals surface area contributed by atoms with Gasteiger partial charge in [0.1, 0.15) is 5.75 Å². The third-order valence-electron chi connectivity index (χ3n) is 6.72. The predicted molar refractivity (Wildman–Crippen MR) is 132 cm³/mol. The molecule has 4 nitrogen and oxygen atoms in total. The first-order chi connectivity index (χ1) is 21.6. The van der Waals surface area contributed by atoms with E-state index < -0.39 is 83.6 Å². The lowest BCUT2D eigenvalue weighted by Gasteiger charge is -2.42. The van der Waals surface area contributed by atoms with E-state index in [-0.39, 0.29) is 6.42 Å². The van der Waals surface area contributed by atoms with Crippen molar-refractivity contribution in [2.45, 2.75) is 112 Å². The smallest absolute Gasteiger partial charge is 0.460 e. The summed E-state index contributed by atoms with van der Waals surface area (Å²) < 4.78 is 237. The molecule has 21 heteroatoms. The zero-order valence-corrected chi connectivity index (χ0v) is 24.4. The molecule has 0 aliphatic rings. The highest BCUT2D eigenvalue weighted by Gasteiger charge is 2.95. The summed E-state index contributed by atoms with van der Waals surface area (Å²) >= 11 is 0. The van der Waals surface area contributed by atoms with Crippen LogP contribution in [0.3, 0.4) is 0 Å². The summed E-state index contributed by atoms with van der Waals surface area (Å²) in [7, 11) is 0. The van der Waals surface area contributed by atoms with Gasteiger partial charge in [-0.15, -0.1) is 0 Å². The Morgan fingerprint density at radius 3 is 1.52 bits per heavy atom. The lowest BCUT2D eigenvalue weighted by Crippen LogP contribution is -2.74. The minimum Gasteiger partial charge on any atom is -0.493 e. The molecular formula is C27H27F17O4. The predicted octanol–water partition coefficient (Wildman–Crippen LogP) is 9.87. The molecule has 0 N–H and O–H groups in total. The highest BCUT2D eigenvalue weighted by Crippen LogP contribution is 2.64. The number of hydrogen-bond acceptors (Lipinski definition) is 4. The van der Waals surface area contributed by atoms with E-state index in [9.17, 15) is 84.2 Å². The highest BCUT2D eigenvalue weighted by molar-refractivity contribution is 5.72. The van der Waals surface area contributed by atoms with Gasteiger partial charge in [-0.3, -0.25) is 9.59 Å². The SMILES string of the molecule is CCCCCCCCCC(=O)Oc1ccc(OCCC(F)(F)C(F)(F)C(F)(F)C(F)(F)C(F)(F)C(F)(F)C(F)(F)C(F)(F)F)ccc1=O. The second-order valence-electron chi connectivity index (χ2n) is 10.4. The molecule has 0 fully saturated rings. The zero-order chi connectivity index (χ0) is 37.6. The van der Waals surface area contributed by atoms with Crippen LogP contribution in [0.15, 0.2) is 29.1 Å². The minimum atomic E-state index is -8.71. The molecule has 0 spiro atoms. The van der Waals surface area contributed by atoms with Gasteiger partial charge in [0, 0.05) is 6.42 Å². The Hall–Kier alpha value is -3.03. The first kappa shape index (κ1) is 43.0. The monoisotopic (exact) mass is 738 g/mol. The molecule has 0 saturated heterocycles. The zero-order valence-electron chi connectivity index (χ0n) is 24.4. The molecule has 0 unspecified atom stereocenters. The van der Waals surface area contributed by atoms with Crippen molar-refractivity contribution < 1.29 is 88.9 Å². The molecule has 0 atom stereocenters. The van der Waals surface area contributed by atoms with E-state index in [0.29, 0.717) is 31.0 Å². The molecule has 0 radical (unpaired) electrons. The number of unbranched alkanes of at least 4 members (excludes halogenated alkanes) is 6. The van der Waals surface area contributed by atoms with Crippen molar-refractivity contribution in [1.82, 2.24) is 0 Å². The van der Waals surface area contributed by atoms with Gasteiger partial charge in [0.15, 0.2) is 5.75 Å². The number of halogens is 17. The lowest BCUT2D eigenvalue weighted by atomic mass is 9.88. The summed E-state index contributed by atoms with van der Waals surface area (Å²) in [6.07, 6.45) is -4.85. The Bertz CT molecular complexity index is 1280. The van der Waals surface area contributed by atoms with E-state index in [1.54, 1.807) is 0 Å². The van der Waals surface area contributed by atoms with Gasteiger partial charge in [-0.25, -0.2) is 0 Å². The molecule has 0 heterocycles. The Kier molecular flexibility index (Phi) is 13.7. The maximum Gasteiger partial charge on any atom is 0.460 e. The first-order valence-electron chi connectivity index (χ1n) is 13.8. The van der Waals surface area contributed by atoms with Crippen molar-refractivity contribution in [1.29, 1.82) is 0 Å². The van der Waals surface area contributed by atoms with Gasteiger partial charge < -0.3 is 9.47 Å². The highest BCUT2D eigenvalue weighted by atomic mass is 19.4. The standard InChI is InChI=1S/C27H27F17O4/c1-2-3-4-5-6-7-8-9-19(46)48-18-13-11-16(10-12-17(18)45)47-15-14-20(28,29)21(30,31)22(32,33)23(34,35)24(36,37)25(38,39)26(40,41)27(42,43)44/h10-13H,2-9,14-15H2,1H3. The quantitative estimate of drug-likeness (QED) is 0.0806. The minimum absolute atomic E-state index is 0.115. The number of rotatable bonds is 19. The number of carbonyl (C=O) groups is 1. The molecule has 0 amide bonds. The maximum absolute atomic E-state index is 14.1. The number of esters is 1. The van der Waals surface area contributed by atoms with Gasteiger partial charge >= 0.3 is 53.6 Å². The fourth-order valence-corrected chi connectivity index (χ4v) is 3.77. The van der Waals surface area contributed by atoms with Crippen molar-refractivity contribution in [3.63, 3.8) is 0 Å². The van der Waals surface area contributed by atoms with Crippen molar-refractivity contribution in [3.05, 3.63) is 34.5 Å². The van der Waals surface area contributed by atoms with Crippen LogP contribution in [0.4, 0.5) is 74.6 Å².